The summed E-state index contributed by atoms with van der Waals surface area (Å²) in [5, 5.41) is 4.22. The quantitative estimate of drug-likeness (QED) is 0.464. The van der Waals surface area contributed by atoms with Crippen molar-refractivity contribution in [2.24, 2.45) is 11.1 Å². The highest BCUT2D eigenvalue weighted by atomic mass is 19.1. The van der Waals surface area contributed by atoms with Crippen LogP contribution in [-0.2, 0) is 4.84 Å². The molecule has 118 valence electrons. The van der Waals surface area contributed by atoms with Crippen molar-refractivity contribution in [3.63, 3.8) is 0 Å². The lowest BCUT2D eigenvalue weighted by Crippen LogP contribution is -2.12. The van der Waals surface area contributed by atoms with Gasteiger partial charge < -0.3 is 9.57 Å². The number of halogens is 1. The van der Waals surface area contributed by atoms with Crippen LogP contribution in [0, 0.1) is 23.6 Å². The first kappa shape index (κ1) is 16.4. The molecule has 0 bridgehead atoms. The van der Waals surface area contributed by atoms with Crippen LogP contribution in [0.25, 0.3) is 0 Å². The van der Waals surface area contributed by atoms with Gasteiger partial charge in [0.15, 0.2) is 17.2 Å². The molecule has 1 fully saturated rings. The van der Waals surface area contributed by atoms with Gasteiger partial charge in [0.1, 0.15) is 0 Å². The molecular formula is C18H22FNO2. The van der Waals surface area contributed by atoms with E-state index in [4.69, 9.17) is 9.57 Å². The molecule has 1 aromatic rings. The number of ether oxygens (including phenoxy) is 1. The summed E-state index contributed by atoms with van der Waals surface area (Å²) in [6.07, 6.45) is 2.78. The van der Waals surface area contributed by atoms with Gasteiger partial charge in [-0.1, -0.05) is 24.9 Å². The van der Waals surface area contributed by atoms with E-state index in [0.29, 0.717) is 11.5 Å². The molecule has 3 nitrogen and oxygen atoms in total. The van der Waals surface area contributed by atoms with E-state index in [1.165, 1.54) is 13.2 Å². The van der Waals surface area contributed by atoms with E-state index in [2.05, 4.69) is 30.8 Å². The summed E-state index contributed by atoms with van der Waals surface area (Å²) in [5.41, 5.74) is 1.21. The van der Waals surface area contributed by atoms with Gasteiger partial charge in [0.2, 0.25) is 0 Å². The number of oxime groups is 1. The van der Waals surface area contributed by atoms with Crippen molar-refractivity contribution in [3.8, 4) is 17.6 Å². The zero-order valence-electron chi connectivity index (χ0n) is 13.6. The monoisotopic (exact) mass is 303 g/mol. The molecule has 2 rings (SSSR count). The molecule has 0 aliphatic heterocycles. The maximum Gasteiger partial charge on any atom is 0.198 e. The van der Waals surface area contributed by atoms with Gasteiger partial charge in [-0.05, 0) is 43.4 Å². The molecule has 4 heteroatoms. The van der Waals surface area contributed by atoms with Crippen LogP contribution >= 0.6 is 0 Å². The standard InChI is InChI=1S/C18H22FNO2/c1-5-13(2)14(3)20-22-18(10-11-18)9-8-15-6-7-16(19)17(12-15)21-4/h6-7,12-13H,5,10-11H2,1-4H3/b20-14+/t13-/m0/s1. The molecule has 0 saturated heterocycles. The number of rotatable bonds is 5. The average Bonchev–Trinajstić information content (AvgIpc) is 3.31. The van der Waals surface area contributed by atoms with Crippen molar-refractivity contribution in [2.45, 2.75) is 45.6 Å². The SMILES string of the molecule is CC[C@H](C)/C(C)=N/OC1(C#Cc2ccc(F)c(OC)c2)CC1. The molecule has 1 aliphatic rings. The predicted molar refractivity (Wildman–Crippen MR) is 85.4 cm³/mol. The molecule has 0 spiro atoms. The molecule has 1 saturated carbocycles. The predicted octanol–water partition coefficient (Wildman–Crippen LogP) is 4.16. The maximum atomic E-state index is 13.4. The topological polar surface area (TPSA) is 30.8 Å². The van der Waals surface area contributed by atoms with Crippen molar-refractivity contribution >= 4 is 5.71 Å². The van der Waals surface area contributed by atoms with Crippen LogP contribution in [0.2, 0.25) is 0 Å². The van der Waals surface area contributed by atoms with Crippen LogP contribution in [0.1, 0.15) is 45.6 Å². The Hall–Kier alpha value is -2.02. The summed E-state index contributed by atoms with van der Waals surface area (Å²) in [4.78, 5) is 5.64. The van der Waals surface area contributed by atoms with Crippen LogP contribution in [0.4, 0.5) is 4.39 Å². The average molecular weight is 303 g/mol. The maximum absolute atomic E-state index is 13.4. The van der Waals surface area contributed by atoms with Gasteiger partial charge in [0.25, 0.3) is 0 Å². The number of hydrogen-bond acceptors (Lipinski definition) is 3. The first-order valence-corrected chi connectivity index (χ1v) is 7.59. The van der Waals surface area contributed by atoms with E-state index in [-0.39, 0.29) is 11.6 Å². The Labute approximate surface area is 131 Å². The molecule has 1 aliphatic carbocycles. The lowest BCUT2D eigenvalue weighted by Gasteiger charge is -2.10. The molecule has 22 heavy (non-hydrogen) atoms. The Bertz CT molecular complexity index is 624. The van der Waals surface area contributed by atoms with Crippen molar-refractivity contribution in [1.82, 2.24) is 0 Å². The number of methoxy groups -OCH3 is 1. The summed E-state index contributed by atoms with van der Waals surface area (Å²) in [6.45, 7) is 6.22. The van der Waals surface area contributed by atoms with Crippen LogP contribution in [-0.4, -0.2) is 18.4 Å². The van der Waals surface area contributed by atoms with Crippen LogP contribution < -0.4 is 4.74 Å². The molecule has 0 amide bonds. The lowest BCUT2D eigenvalue weighted by atomic mass is 10.1. The van der Waals surface area contributed by atoms with E-state index in [9.17, 15) is 4.39 Å². The van der Waals surface area contributed by atoms with Gasteiger partial charge in [0, 0.05) is 18.4 Å². The summed E-state index contributed by atoms with van der Waals surface area (Å²) >= 11 is 0. The van der Waals surface area contributed by atoms with E-state index in [1.54, 1.807) is 12.1 Å². The van der Waals surface area contributed by atoms with Gasteiger partial charge in [-0.3, -0.25) is 0 Å². The van der Waals surface area contributed by atoms with Gasteiger partial charge in [-0.2, -0.15) is 0 Å². The number of hydrogen-bond donors (Lipinski definition) is 0. The number of nitrogens with zero attached hydrogens (tertiary/aromatic N) is 1. The fourth-order valence-corrected chi connectivity index (χ4v) is 1.82. The molecule has 0 N–H and O–H groups in total. The summed E-state index contributed by atoms with van der Waals surface area (Å²) in [5.74, 6) is 6.35. The van der Waals surface area contributed by atoms with Gasteiger partial charge >= 0.3 is 0 Å². The first-order valence-electron chi connectivity index (χ1n) is 7.59. The Kier molecular flexibility index (Phi) is 5.07. The zero-order chi connectivity index (χ0) is 16.2. The second kappa shape index (κ2) is 6.83. The Morgan fingerprint density at radius 1 is 1.45 bits per heavy atom. The third-order valence-electron chi connectivity index (χ3n) is 3.98. The van der Waals surface area contributed by atoms with Crippen LogP contribution in [0.5, 0.6) is 5.75 Å². The van der Waals surface area contributed by atoms with Crippen molar-refractivity contribution in [1.29, 1.82) is 0 Å². The molecular weight excluding hydrogens is 281 g/mol. The van der Waals surface area contributed by atoms with E-state index < -0.39 is 5.60 Å². The highest BCUT2D eigenvalue weighted by Crippen LogP contribution is 2.39. The van der Waals surface area contributed by atoms with E-state index in [0.717, 1.165) is 25.0 Å². The molecule has 0 radical (unpaired) electrons. The van der Waals surface area contributed by atoms with Gasteiger partial charge in [-0.15, -0.1) is 0 Å². The number of benzene rings is 1. The van der Waals surface area contributed by atoms with E-state index in [1.807, 2.05) is 6.92 Å². The van der Waals surface area contributed by atoms with Crippen molar-refractivity contribution in [2.75, 3.05) is 7.11 Å². The fourth-order valence-electron chi connectivity index (χ4n) is 1.82. The lowest BCUT2D eigenvalue weighted by molar-refractivity contribution is 0.0793. The van der Waals surface area contributed by atoms with E-state index >= 15 is 0 Å². The first-order chi connectivity index (χ1) is 10.5. The van der Waals surface area contributed by atoms with Gasteiger partial charge in [-0.25, -0.2) is 4.39 Å². The molecule has 0 heterocycles. The summed E-state index contributed by atoms with van der Waals surface area (Å²) in [6, 6.07) is 4.58. The Morgan fingerprint density at radius 2 is 2.18 bits per heavy atom. The molecule has 1 atom stereocenters. The Balaban J connectivity index is 2.08. The molecule has 1 aromatic carbocycles. The second-order valence-electron chi connectivity index (χ2n) is 5.73. The van der Waals surface area contributed by atoms with Crippen molar-refractivity contribution in [3.05, 3.63) is 29.6 Å². The zero-order valence-corrected chi connectivity index (χ0v) is 13.6. The Morgan fingerprint density at radius 3 is 2.77 bits per heavy atom. The third-order valence-corrected chi connectivity index (χ3v) is 3.98. The van der Waals surface area contributed by atoms with Crippen LogP contribution in [0.3, 0.4) is 0 Å². The normalized spacial score (nSPS) is 17.2. The highest BCUT2D eigenvalue weighted by molar-refractivity contribution is 5.83. The molecule has 0 aromatic heterocycles. The second-order valence-corrected chi connectivity index (χ2v) is 5.73. The minimum absolute atomic E-state index is 0.197. The van der Waals surface area contributed by atoms with Crippen LogP contribution in [0.15, 0.2) is 23.4 Å². The van der Waals surface area contributed by atoms with Crippen molar-refractivity contribution < 1.29 is 14.0 Å². The largest absolute Gasteiger partial charge is 0.494 e. The molecule has 0 unspecified atom stereocenters. The minimum Gasteiger partial charge on any atom is -0.494 e. The minimum atomic E-state index is -0.476. The smallest absolute Gasteiger partial charge is 0.198 e. The highest BCUT2D eigenvalue weighted by Gasteiger charge is 2.45. The summed E-state index contributed by atoms with van der Waals surface area (Å²) < 4.78 is 18.3. The fraction of sp³-hybridized carbons (Fsp3) is 0.500. The summed E-state index contributed by atoms with van der Waals surface area (Å²) in [7, 11) is 1.44. The van der Waals surface area contributed by atoms with Gasteiger partial charge in [0.05, 0.1) is 12.8 Å². The third kappa shape index (κ3) is 4.00.